The van der Waals surface area contributed by atoms with Crippen molar-refractivity contribution < 1.29 is 14.4 Å². The van der Waals surface area contributed by atoms with Crippen LogP contribution in [0.4, 0.5) is 11.4 Å². The van der Waals surface area contributed by atoms with E-state index in [2.05, 4.69) is 16.0 Å². The van der Waals surface area contributed by atoms with Crippen molar-refractivity contribution in [2.45, 2.75) is 18.9 Å². The quantitative estimate of drug-likeness (QED) is 0.544. The van der Waals surface area contributed by atoms with Crippen LogP contribution in [0.1, 0.15) is 34.8 Å². The maximum Gasteiger partial charge on any atom is 0.252 e. The first-order valence-electron chi connectivity index (χ1n) is 10.2. The molecule has 3 aromatic carbocycles. The van der Waals surface area contributed by atoms with Crippen molar-refractivity contribution in [3.8, 4) is 0 Å². The largest absolute Gasteiger partial charge is 0.336 e. The van der Waals surface area contributed by atoms with Gasteiger partial charge in [-0.05, 0) is 54.8 Å². The van der Waals surface area contributed by atoms with Crippen LogP contribution >= 0.6 is 0 Å². The van der Waals surface area contributed by atoms with Crippen LogP contribution in [-0.4, -0.2) is 17.7 Å². The number of hydrogen-bond acceptors (Lipinski definition) is 3. The van der Waals surface area contributed by atoms with Crippen molar-refractivity contribution in [1.82, 2.24) is 5.32 Å². The number of benzene rings is 3. The molecule has 31 heavy (non-hydrogen) atoms. The molecule has 0 saturated heterocycles. The number of amides is 3. The molecule has 3 aromatic rings. The van der Waals surface area contributed by atoms with E-state index in [1.165, 1.54) is 0 Å². The summed E-state index contributed by atoms with van der Waals surface area (Å²) in [4.78, 5) is 37.7. The summed E-state index contributed by atoms with van der Waals surface area (Å²) in [6.45, 7) is 0. The minimum atomic E-state index is -0.858. The third-order valence-corrected chi connectivity index (χ3v) is 5.07. The van der Waals surface area contributed by atoms with Crippen LogP contribution in [0.3, 0.4) is 0 Å². The topological polar surface area (TPSA) is 87.3 Å². The standard InChI is InChI=1S/C25H23N3O3/c29-23(18-11-12-18)26-21-15-13-19(14-16-21)24(30)28-22(17-7-3-1-4-8-17)25(31)27-20-9-5-2-6-10-20/h1-10,13-16,18,22H,11-12H2,(H,26,29)(H,27,31)(H,28,30). The van der Waals surface area contributed by atoms with E-state index in [0.717, 1.165) is 12.8 Å². The van der Waals surface area contributed by atoms with Crippen LogP contribution in [0.15, 0.2) is 84.9 Å². The maximum absolute atomic E-state index is 13.0. The van der Waals surface area contributed by atoms with E-state index in [1.807, 2.05) is 36.4 Å². The van der Waals surface area contributed by atoms with Gasteiger partial charge in [0.05, 0.1) is 0 Å². The molecule has 0 heterocycles. The fourth-order valence-electron chi connectivity index (χ4n) is 3.19. The number of hydrogen-bond donors (Lipinski definition) is 3. The Bertz CT molecular complexity index is 1060. The molecule has 156 valence electrons. The van der Waals surface area contributed by atoms with Gasteiger partial charge in [0, 0.05) is 22.9 Å². The SMILES string of the molecule is O=C(NC(C(=O)Nc1ccccc1)c1ccccc1)c1ccc(NC(=O)C2CC2)cc1. The second kappa shape index (κ2) is 9.26. The van der Waals surface area contributed by atoms with Crippen molar-refractivity contribution in [3.05, 3.63) is 96.1 Å². The molecule has 1 fully saturated rings. The van der Waals surface area contributed by atoms with Gasteiger partial charge in [-0.3, -0.25) is 14.4 Å². The Labute approximate surface area is 180 Å². The lowest BCUT2D eigenvalue weighted by molar-refractivity contribution is -0.118. The Morgan fingerprint density at radius 2 is 1.29 bits per heavy atom. The molecular weight excluding hydrogens is 390 g/mol. The molecule has 0 aliphatic heterocycles. The van der Waals surface area contributed by atoms with E-state index in [-0.39, 0.29) is 23.6 Å². The van der Waals surface area contributed by atoms with Gasteiger partial charge in [-0.15, -0.1) is 0 Å². The second-order valence-corrected chi connectivity index (χ2v) is 7.51. The molecule has 3 N–H and O–H groups in total. The third-order valence-electron chi connectivity index (χ3n) is 5.07. The molecule has 1 atom stereocenters. The Kier molecular flexibility index (Phi) is 6.08. The summed E-state index contributed by atoms with van der Waals surface area (Å²) in [5.74, 6) is -0.590. The Morgan fingerprint density at radius 3 is 1.90 bits per heavy atom. The van der Waals surface area contributed by atoms with E-state index >= 15 is 0 Å². The molecule has 6 heteroatoms. The van der Waals surface area contributed by atoms with Crippen molar-refractivity contribution in [2.24, 2.45) is 5.92 Å². The van der Waals surface area contributed by atoms with Gasteiger partial charge in [0.25, 0.3) is 11.8 Å². The molecule has 1 aliphatic rings. The van der Waals surface area contributed by atoms with Crippen molar-refractivity contribution in [2.75, 3.05) is 10.6 Å². The number of carbonyl (C=O) groups is 3. The zero-order valence-corrected chi connectivity index (χ0v) is 16.9. The van der Waals surface area contributed by atoms with Crippen LogP contribution in [0.2, 0.25) is 0 Å². The summed E-state index contributed by atoms with van der Waals surface area (Å²) < 4.78 is 0. The van der Waals surface area contributed by atoms with Gasteiger partial charge >= 0.3 is 0 Å². The molecule has 1 unspecified atom stereocenters. The van der Waals surface area contributed by atoms with E-state index in [0.29, 0.717) is 22.5 Å². The fourth-order valence-corrected chi connectivity index (χ4v) is 3.19. The monoisotopic (exact) mass is 413 g/mol. The molecule has 6 nitrogen and oxygen atoms in total. The lowest BCUT2D eigenvalue weighted by Gasteiger charge is -2.19. The number of rotatable bonds is 7. The van der Waals surface area contributed by atoms with Crippen LogP contribution in [0, 0.1) is 5.92 Å². The highest BCUT2D eigenvalue weighted by atomic mass is 16.2. The predicted molar refractivity (Wildman–Crippen MR) is 120 cm³/mol. The number of para-hydroxylation sites is 1. The minimum absolute atomic E-state index is 0.0129. The highest BCUT2D eigenvalue weighted by Gasteiger charge is 2.29. The summed E-state index contributed by atoms with van der Waals surface area (Å²) in [6.07, 6.45) is 1.86. The lowest BCUT2D eigenvalue weighted by atomic mass is 10.0. The summed E-state index contributed by atoms with van der Waals surface area (Å²) in [7, 11) is 0. The van der Waals surface area contributed by atoms with E-state index in [9.17, 15) is 14.4 Å². The molecule has 1 aliphatic carbocycles. The first-order chi connectivity index (χ1) is 15.1. The Hall–Kier alpha value is -3.93. The molecule has 4 rings (SSSR count). The summed E-state index contributed by atoms with van der Waals surface area (Å²) in [5.41, 5.74) is 2.38. The van der Waals surface area contributed by atoms with Gasteiger partial charge < -0.3 is 16.0 Å². The molecule has 1 saturated carbocycles. The molecule has 3 amide bonds. The molecule has 0 radical (unpaired) electrons. The Morgan fingerprint density at radius 1 is 0.710 bits per heavy atom. The molecule has 0 spiro atoms. The molecule has 0 aromatic heterocycles. The van der Waals surface area contributed by atoms with E-state index < -0.39 is 6.04 Å². The van der Waals surface area contributed by atoms with Crippen LogP contribution in [-0.2, 0) is 9.59 Å². The summed E-state index contributed by atoms with van der Waals surface area (Å²) >= 11 is 0. The first kappa shape index (κ1) is 20.3. The number of carbonyl (C=O) groups excluding carboxylic acids is 3. The van der Waals surface area contributed by atoms with Crippen LogP contribution in [0.25, 0.3) is 0 Å². The van der Waals surface area contributed by atoms with Crippen molar-refractivity contribution in [1.29, 1.82) is 0 Å². The first-order valence-corrected chi connectivity index (χ1v) is 10.2. The number of nitrogens with one attached hydrogen (secondary N) is 3. The molecular formula is C25H23N3O3. The minimum Gasteiger partial charge on any atom is -0.336 e. The highest BCUT2D eigenvalue weighted by Crippen LogP contribution is 2.30. The highest BCUT2D eigenvalue weighted by molar-refractivity contribution is 6.02. The molecule has 0 bridgehead atoms. The summed E-state index contributed by atoms with van der Waals surface area (Å²) in [5, 5.41) is 8.51. The van der Waals surface area contributed by atoms with Gasteiger partial charge in [-0.2, -0.15) is 0 Å². The van der Waals surface area contributed by atoms with Crippen molar-refractivity contribution >= 4 is 29.1 Å². The van der Waals surface area contributed by atoms with Gasteiger partial charge in [0.15, 0.2) is 0 Å². The predicted octanol–water partition coefficient (Wildman–Crippen LogP) is 4.14. The van der Waals surface area contributed by atoms with Gasteiger partial charge in [-0.1, -0.05) is 48.5 Å². The lowest BCUT2D eigenvalue weighted by Crippen LogP contribution is -2.37. The van der Waals surface area contributed by atoms with E-state index in [4.69, 9.17) is 0 Å². The normalized spacial score (nSPS) is 13.7. The second-order valence-electron chi connectivity index (χ2n) is 7.51. The maximum atomic E-state index is 13.0. The van der Waals surface area contributed by atoms with Crippen molar-refractivity contribution in [3.63, 3.8) is 0 Å². The van der Waals surface area contributed by atoms with Crippen LogP contribution in [0.5, 0.6) is 0 Å². The average Bonchev–Trinajstić information content (AvgIpc) is 3.65. The fraction of sp³-hybridized carbons (Fsp3) is 0.160. The smallest absolute Gasteiger partial charge is 0.252 e. The van der Waals surface area contributed by atoms with Gasteiger partial charge in [-0.25, -0.2) is 0 Å². The van der Waals surface area contributed by atoms with E-state index in [1.54, 1.807) is 48.5 Å². The number of anilines is 2. The van der Waals surface area contributed by atoms with Crippen LogP contribution < -0.4 is 16.0 Å². The van der Waals surface area contributed by atoms with Gasteiger partial charge in [0.1, 0.15) is 6.04 Å². The zero-order chi connectivity index (χ0) is 21.6. The summed E-state index contributed by atoms with van der Waals surface area (Å²) in [6, 6.07) is 24.0. The zero-order valence-electron chi connectivity index (χ0n) is 16.9. The van der Waals surface area contributed by atoms with Gasteiger partial charge in [0.2, 0.25) is 5.91 Å². The third kappa shape index (κ3) is 5.36. The average molecular weight is 413 g/mol. The Balaban J connectivity index is 1.47.